The largest absolute Gasteiger partial charge is 0.435 e. The quantitative estimate of drug-likeness (QED) is 0.736. The number of carbonyl (C=O) groups is 1. The van der Waals surface area contributed by atoms with E-state index in [1.54, 1.807) is 11.0 Å². The predicted molar refractivity (Wildman–Crippen MR) is 90.5 cm³/mol. The maximum absolute atomic E-state index is 13.9. The number of rotatable bonds is 4. The van der Waals surface area contributed by atoms with Crippen LogP contribution in [0.4, 0.5) is 17.6 Å². The second-order valence-electron chi connectivity index (χ2n) is 6.25. The second-order valence-corrected chi connectivity index (χ2v) is 6.66. The Morgan fingerprint density at radius 1 is 1.15 bits per heavy atom. The SMILES string of the molecule is O=C(Cn1ccc(C(F)(F)F)n1)N1CCN(Cc2c(F)cccc2Cl)CC1. The fourth-order valence-corrected chi connectivity index (χ4v) is 3.12. The molecule has 1 fully saturated rings. The van der Waals surface area contributed by atoms with Crippen molar-refractivity contribution in [3.63, 3.8) is 0 Å². The number of halogens is 5. The highest BCUT2D eigenvalue weighted by molar-refractivity contribution is 6.31. The molecule has 1 aliphatic rings. The first-order chi connectivity index (χ1) is 12.7. The molecular weight excluding hydrogens is 388 g/mol. The summed E-state index contributed by atoms with van der Waals surface area (Å²) in [6.45, 7) is 1.92. The van der Waals surface area contributed by atoms with Gasteiger partial charge in [-0.15, -0.1) is 0 Å². The average molecular weight is 405 g/mol. The van der Waals surface area contributed by atoms with E-state index in [0.717, 1.165) is 16.9 Å². The van der Waals surface area contributed by atoms with Crippen LogP contribution in [-0.4, -0.2) is 51.7 Å². The van der Waals surface area contributed by atoms with Crippen LogP contribution < -0.4 is 0 Å². The minimum atomic E-state index is -4.53. The molecule has 1 amide bonds. The van der Waals surface area contributed by atoms with E-state index in [-0.39, 0.29) is 18.3 Å². The van der Waals surface area contributed by atoms with E-state index in [4.69, 9.17) is 11.6 Å². The lowest BCUT2D eigenvalue weighted by Gasteiger charge is -2.35. The van der Waals surface area contributed by atoms with Crippen molar-refractivity contribution in [2.45, 2.75) is 19.3 Å². The maximum atomic E-state index is 13.9. The van der Waals surface area contributed by atoms with E-state index in [0.29, 0.717) is 43.3 Å². The normalized spacial score (nSPS) is 16.0. The predicted octanol–water partition coefficient (Wildman–Crippen LogP) is 3.04. The van der Waals surface area contributed by atoms with Crippen molar-refractivity contribution >= 4 is 17.5 Å². The van der Waals surface area contributed by atoms with Crippen LogP contribution in [0.15, 0.2) is 30.5 Å². The van der Waals surface area contributed by atoms with Crippen molar-refractivity contribution in [1.82, 2.24) is 19.6 Å². The fraction of sp³-hybridized carbons (Fsp3) is 0.412. The Bertz CT molecular complexity index is 795. The fourth-order valence-electron chi connectivity index (χ4n) is 2.90. The lowest BCUT2D eigenvalue weighted by Crippen LogP contribution is -2.49. The highest BCUT2D eigenvalue weighted by Crippen LogP contribution is 2.27. The van der Waals surface area contributed by atoms with Crippen molar-refractivity contribution in [2.24, 2.45) is 0 Å². The summed E-state index contributed by atoms with van der Waals surface area (Å²) in [6.07, 6.45) is -3.40. The number of carbonyl (C=O) groups excluding carboxylic acids is 1. The van der Waals surface area contributed by atoms with Crippen LogP contribution in [0.25, 0.3) is 0 Å². The molecule has 5 nitrogen and oxygen atoms in total. The summed E-state index contributed by atoms with van der Waals surface area (Å²) in [5, 5.41) is 3.74. The molecule has 0 spiro atoms. The molecule has 0 radical (unpaired) electrons. The zero-order valence-electron chi connectivity index (χ0n) is 14.2. The Kier molecular flexibility index (Phi) is 5.71. The number of piperazine rings is 1. The van der Waals surface area contributed by atoms with Gasteiger partial charge in [-0.05, 0) is 18.2 Å². The van der Waals surface area contributed by atoms with Gasteiger partial charge in [0.25, 0.3) is 0 Å². The lowest BCUT2D eigenvalue weighted by atomic mass is 10.2. The first-order valence-electron chi connectivity index (χ1n) is 8.27. The molecule has 27 heavy (non-hydrogen) atoms. The third-order valence-corrected chi connectivity index (χ3v) is 4.75. The van der Waals surface area contributed by atoms with E-state index < -0.39 is 11.9 Å². The van der Waals surface area contributed by atoms with E-state index in [2.05, 4.69) is 5.10 Å². The summed E-state index contributed by atoms with van der Waals surface area (Å²) in [7, 11) is 0. The molecule has 0 atom stereocenters. The monoisotopic (exact) mass is 404 g/mol. The highest BCUT2D eigenvalue weighted by Gasteiger charge is 2.33. The third kappa shape index (κ3) is 4.78. The number of nitrogens with zero attached hydrogens (tertiary/aromatic N) is 4. The second kappa shape index (κ2) is 7.85. The molecule has 10 heteroatoms. The van der Waals surface area contributed by atoms with Gasteiger partial charge >= 0.3 is 6.18 Å². The number of hydrogen-bond acceptors (Lipinski definition) is 3. The summed E-state index contributed by atoms with van der Waals surface area (Å²) >= 11 is 6.03. The van der Waals surface area contributed by atoms with Gasteiger partial charge in [-0.25, -0.2) is 4.39 Å². The zero-order valence-corrected chi connectivity index (χ0v) is 15.0. The van der Waals surface area contributed by atoms with E-state index in [9.17, 15) is 22.4 Å². The lowest BCUT2D eigenvalue weighted by molar-refractivity contribution is -0.142. The van der Waals surface area contributed by atoms with E-state index in [1.807, 2.05) is 4.90 Å². The number of benzene rings is 1. The molecule has 2 aromatic rings. The van der Waals surface area contributed by atoms with Crippen LogP contribution in [-0.2, 0) is 24.1 Å². The minimum Gasteiger partial charge on any atom is -0.339 e. The molecule has 0 N–H and O–H groups in total. The molecule has 0 unspecified atom stereocenters. The topological polar surface area (TPSA) is 41.4 Å². The standard InChI is InChI=1S/C17H17ClF4N4O/c18-13-2-1-3-14(19)12(13)10-24-6-8-25(9-7-24)16(27)11-26-5-4-15(23-26)17(20,21)22/h1-5H,6-11H2. The summed E-state index contributed by atoms with van der Waals surface area (Å²) in [5.74, 6) is -0.685. The van der Waals surface area contributed by atoms with Crippen LogP contribution in [0.2, 0.25) is 5.02 Å². The number of alkyl halides is 3. The molecule has 146 valence electrons. The molecule has 3 rings (SSSR count). The Hall–Kier alpha value is -2.13. The maximum Gasteiger partial charge on any atom is 0.435 e. The van der Waals surface area contributed by atoms with Crippen LogP contribution in [0.3, 0.4) is 0 Å². The van der Waals surface area contributed by atoms with Crippen molar-refractivity contribution in [2.75, 3.05) is 26.2 Å². The highest BCUT2D eigenvalue weighted by atomic mass is 35.5. The molecular formula is C17H17ClF4N4O. The molecule has 2 heterocycles. The Balaban J connectivity index is 1.53. The Labute approximate surface area is 158 Å². The number of hydrogen-bond donors (Lipinski definition) is 0. The van der Waals surface area contributed by atoms with E-state index >= 15 is 0 Å². The molecule has 0 aliphatic carbocycles. The smallest absolute Gasteiger partial charge is 0.339 e. The van der Waals surface area contributed by atoms with Gasteiger partial charge in [0, 0.05) is 49.5 Å². The van der Waals surface area contributed by atoms with Gasteiger partial charge in [-0.3, -0.25) is 14.4 Å². The van der Waals surface area contributed by atoms with Gasteiger partial charge in [0.15, 0.2) is 5.69 Å². The van der Waals surface area contributed by atoms with Crippen molar-refractivity contribution in [3.8, 4) is 0 Å². The summed E-state index contributed by atoms with van der Waals surface area (Å²) in [6, 6.07) is 5.35. The average Bonchev–Trinajstić information content (AvgIpc) is 3.08. The van der Waals surface area contributed by atoms with Crippen molar-refractivity contribution in [1.29, 1.82) is 0 Å². The van der Waals surface area contributed by atoms with Crippen molar-refractivity contribution < 1.29 is 22.4 Å². The number of amides is 1. The van der Waals surface area contributed by atoms with Crippen LogP contribution in [0.5, 0.6) is 0 Å². The Morgan fingerprint density at radius 3 is 2.44 bits per heavy atom. The van der Waals surface area contributed by atoms with Gasteiger partial charge in [-0.1, -0.05) is 17.7 Å². The molecule has 1 aromatic carbocycles. The third-order valence-electron chi connectivity index (χ3n) is 4.40. The first kappa shape index (κ1) is 19.6. The molecule has 0 saturated carbocycles. The minimum absolute atomic E-state index is 0.255. The van der Waals surface area contributed by atoms with Gasteiger partial charge in [0.05, 0.1) is 0 Å². The van der Waals surface area contributed by atoms with Crippen LogP contribution in [0.1, 0.15) is 11.3 Å². The number of aromatic nitrogens is 2. The molecule has 1 saturated heterocycles. The van der Waals surface area contributed by atoms with Gasteiger partial charge in [0.1, 0.15) is 12.4 Å². The molecule has 1 aliphatic heterocycles. The van der Waals surface area contributed by atoms with Crippen LogP contribution in [0, 0.1) is 5.82 Å². The summed E-state index contributed by atoms with van der Waals surface area (Å²) in [4.78, 5) is 15.8. The van der Waals surface area contributed by atoms with Gasteiger partial charge < -0.3 is 4.90 Å². The summed E-state index contributed by atoms with van der Waals surface area (Å²) in [5.41, 5.74) is -0.614. The zero-order chi connectivity index (χ0) is 19.6. The van der Waals surface area contributed by atoms with Crippen molar-refractivity contribution in [3.05, 3.63) is 52.6 Å². The van der Waals surface area contributed by atoms with Crippen LogP contribution >= 0.6 is 11.6 Å². The van der Waals surface area contributed by atoms with E-state index in [1.165, 1.54) is 12.1 Å². The Morgan fingerprint density at radius 2 is 1.85 bits per heavy atom. The molecule has 1 aromatic heterocycles. The molecule has 0 bridgehead atoms. The van der Waals surface area contributed by atoms with Gasteiger partial charge in [0.2, 0.25) is 5.91 Å². The summed E-state index contributed by atoms with van der Waals surface area (Å²) < 4.78 is 52.5. The first-order valence-corrected chi connectivity index (χ1v) is 8.65. The van der Waals surface area contributed by atoms with Gasteiger partial charge in [-0.2, -0.15) is 18.3 Å².